The lowest BCUT2D eigenvalue weighted by molar-refractivity contribution is 0.105. The number of benzene rings is 1. The fraction of sp³-hybridized carbons (Fsp3) is 0.600. The van der Waals surface area contributed by atoms with Crippen molar-refractivity contribution in [3.63, 3.8) is 0 Å². The molecule has 120 valence electrons. The van der Waals surface area contributed by atoms with E-state index in [2.05, 4.69) is 5.32 Å². The molecule has 6 heteroatoms. The molecule has 0 aliphatic heterocycles. The number of aliphatic hydroxyl groups excluding tert-OH is 2. The third kappa shape index (κ3) is 8.16. The van der Waals surface area contributed by atoms with E-state index in [-0.39, 0.29) is 13.2 Å². The zero-order valence-electron chi connectivity index (χ0n) is 12.5. The molecule has 0 heterocycles. The molecule has 0 saturated heterocycles. The summed E-state index contributed by atoms with van der Waals surface area (Å²) >= 11 is 1.79. The fourth-order valence-electron chi connectivity index (χ4n) is 1.66. The molecule has 0 bridgehead atoms. The number of para-hydroxylation sites is 2. The maximum Gasteiger partial charge on any atom is 0.161 e. The summed E-state index contributed by atoms with van der Waals surface area (Å²) in [6.45, 7) is 1.81. The van der Waals surface area contributed by atoms with Crippen molar-refractivity contribution in [3.8, 4) is 11.5 Å². The zero-order chi connectivity index (χ0) is 15.3. The van der Waals surface area contributed by atoms with E-state index < -0.39 is 6.10 Å². The minimum Gasteiger partial charge on any atom is -0.493 e. The van der Waals surface area contributed by atoms with Gasteiger partial charge in [-0.25, -0.2) is 0 Å². The second kappa shape index (κ2) is 11.7. The molecule has 21 heavy (non-hydrogen) atoms. The van der Waals surface area contributed by atoms with E-state index in [9.17, 15) is 5.11 Å². The molecule has 1 atom stereocenters. The van der Waals surface area contributed by atoms with Crippen LogP contribution in [-0.2, 0) is 0 Å². The molecule has 0 fully saturated rings. The second-order valence-electron chi connectivity index (χ2n) is 4.51. The van der Waals surface area contributed by atoms with E-state index in [0.717, 1.165) is 24.5 Å². The van der Waals surface area contributed by atoms with E-state index in [1.807, 2.05) is 24.3 Å². The number of ether oxygens (including phenoxy) is 2. The molecular weight excluding hydrogens is 290 g/mol. The van der Waals surface area contributed by atoms with E-state index in [1.165, 1.54) is 0 Å². The standard InChI is InChI=1S/C15H25NO4S/c1-19-14-5-2-3-6-15(14)20-12-13(18)11-16-7-10-21-9-4-8-17/h2-3,5-6,13,16-18H,4,7-12H2,1H3. The van der Waals surface area contributed by atoms with Gasteiger partial charge in [0.1, 0.15) is 12.7 Å². The normalized spacial score (nSPS) is 12.1. The number of hydrogen-bond donors (Lipinski definition) is 3. The van der Waals surface area contributed by atoms with Gasteiger partial charge < -0.3 is 25.0 Å². The van der Waals surface area contributed by atoms with Gasteiger partial charge in [-0.05, 0) is 24.3 Å². The van der Waals surface area contributed by atoms with Gasteiger partial charge in [0, 0.05) is 25.4 Å². The highest BCUT2D eigenvalue weighted by Crippen LogP contribution is 2.25. The average molecular weight is 315 g/mol. The van der Waals surface area contributed by atoms with Crippen molar-refractivity contribution in [2.24, 2.45) is 0 Å². The molecule has 0 amide bonds. The van der Waals surface area contributed by atoms with Gasteiger partial charge >= 0.3 is 0 Å². The third-order valence-electron chi connectivity index (χ3n) is 2.75. The van der Waals surface area contributed by atoms with Crippen molar-refractivity contribution in [2.75, 3.05) is 44.9 Å². The highest BCUT2D eigenvalue weighted by molar-refractivity contribution is 7.99. The van der Waals surface area contributed by atoms with E-state index in [0.29, 0.717) is 18.0 Å². The molecular formula is C15H25NO4S. The highest BCUT2D eigenvalue weighted by Gasteiger charge is 2.07. The first-order chi connectivity index (χ1) is 10.3. The monoisotopic (exact) mass is 315 g/mol. The summed E-state index contributed by atoms with van der Waals surface area (Å²) in [5, 5.41) is 21.7. The molecule has 0 aromatic heterocycles. The Labute approximate surface area is 130 Å². The number of methoxy groups -OCH3 is 1. The van der Waals surface area contributed by atoms with E-state index in [1.54, 1.807) is 18.9 Å². The van der Waals surface area contributed by atoms with Crippen LogP contribution in [0.3, 0.4) is 0 Å². The summed E-state index contributed by atoms with van der Waals surface area (Å²) in [6, 6.07) is 7.38. The van der Waals surface area contributed by atoms with Crippen LogP contribution in [0.4, 0.5) is 0 Å². The lowest BCUT2D eigenvalue weighted by Crippen LogP contribution is -2.32. The molecule has 1 unspecified atom stereocenters. The maximum atomic E-state index is 9.85. The summed E-state index contributed by atoms with van der Waals surface area (Å²) in [4.78, 5) is 0. The van der Waals surface area contributed by atoms with Crippen LogP contribution in [0.5, 0.6) is 11.5 Å². The van der Waals surface area contributed by atoms with Gasteiger partial charge in [0.15, 0.2) is 11.5 Å². The number of nitrogens with one attached hydrogen (secondary N) is 1. The van der Waals surface area contributed by atoms with Crippen molar-refractivity contribution >= 4 is 11.8 Å². The quantitative estimate of drug-likeness (QED) is 0.503. The van der Waals surface area contributed by atoms with Crippen molar-refractivity contribution in [1.29, 1.82) is 0 Å². The summed E-state index contributed by atoms with van der Waals surface area (Å²) in [5.41, 5.74) is 0. The van der Waals surface area contributed by atoms with Crippen LogP contribution in [0, 0.1) is 0 Å². The van der Waals surface area contributed by atoms with Crippen LogP contribution < -0.4 is 14.8 Å². The largest absolute Gasteiger partial charge is 0.493 e. The lowest BCUT2D eigenvalue weighted by atomic mass is 10.3. The van der Waals surface area contributed by atoms with Gasteiger partial charge in [-0.2, -0.15) is 11.8 Å². The van der Waals surface area contributed by atoms with Crippen molar-refractivity contribution in [3.05, 3.63) is 24.3 Å². The van der Waals surface area contributed by atoms with Crippen LogP contribution in [0.15, 0.2) is 24.3 Å². The van der Waals surface area contributed by atoms with Crippen molar-refractivity contribution in [2.45, 2.75) is 12.5 Å². The van der Waals surface area contributed by atoms with Crippen LogP contribution in [-0.4, -0.2) is 61.2 Å². The Morgan fingerprint density at radius 2 is 2.00 bits per heavy atom. The first-order valence-corrected chi connectivity index (χ1v) is 8.26. The molecule has 1 aromatic rings. The van der Waals surface area contributed by atoms with Crippen molar-refractivity contribution in [1.82, 2.24) is 5.32 Å². The summed E-state index contributed by atoms with van der Waals surface area (Å²) in [5.74, 6) is 3.24. The van der Waals surface area contributed by atoms with Gasteiger partial charge in [-0.15, -0.1) is 0 Å². The summed E-state index contributed by atoms with van der Waals surface area (Å²) in [6.07, 6.45) is 0.275. The maximum absolute atomic E-state index is 9.85. The Morgan fingerprint density at radius 1 is 1.24 bits per heavy atom. The molecule has 1 rings (SSSR count). The Balaban J connectivity index is 2.09. The summed E-state index contributed by atoms with van der Waals surface area (Å²) < 4.78 is 10.7. The topological polar surface area (TPSA) is 71.0 Å². The molecule has 0 spiro atoms. The van der Waals surface area contributed by atoms with Crippen LogP contribution >= 0.6 is 11.8 Å². The highest BCUT2D eigenvalue weighted by atomic mass is 32.2. The molecule has 0 aliphatic carbocycles. The predicted molar refractivity (Wildman–Crippen MR) is 86.4 cm³/mol. The Morgan fingerprint density at radius 3 is 2.71 bits per heavy atom. The fourth-order valence-corrected chi connectivity index (χ4v) is 2.49. The Bertz CT molecular complexity index is 378. The first-order valence-electron chi connectivity index (χ1n) is 7.11. The average Bonchev–Trinajstić information content (AvgIpc) is 2.52. The molecule has 5 nitrogen and oxygen atoms in total. The van der Waals surface area contributed by atoms with Gasteiger partial charge in [-0.3, -0.25) is 0 Å². The molecule has 0 saturated carbocycles. The molecule has 0 radical (unpaired) electrons. The Kier molecular flexibility index (Phi) is 10.1. The van der Waals surface area contributed by atoms with Crippen LogP contribution in [0.1, 0.15) is 6.42 Å². The second-order valence-corrected chi connectivity index (χ2v) is 5.73. The van der Waals surface area contributed by atoms with Gasteiger partial charge in [0.2, 0.25) is 0 Å². The molecule has 1 aromatic carbocycles. The smallest absolute Gasteiger partial charge is 0.161 e. The minimum atomic E-state index is -0.558. The third-order valence-corrected chi connectivity index (χ3v) is 3.82. The van der Waals surface area contributed by atoms with Crippen LogP contribution in [0.25, 0.3) is 0 Å². The van der Waals surface area contributed by atoms with E-state index in [4.69, 9.17) is 14.6 Å². The molecule has 3 N–H and O–H groups in total. The molecule has 0 aliphatic rings. The van der Waals surface area contributed by atoms with Crippen LogP contribution in [0.2, 0.25) is 0 Å². The number of hydrogen-bond acceptors (Lipinski definition) is 6. The van der Waals surface area contributed by atoms with Gasteiger partial charge in [0.25, 0.3) is 0 Å². The SMILES string of the molecule is COc1ccccc1OCC(O)CNCCSCCCO. The number of rotatable bonds is 12. The number of thioether (sulfide) groups is 1. The predicted octanol–water partition coefficient (Wildman–Crippen LogP) is 1.14. The summed E-state index contributed by atoms with van der Waals surface area (Å²) in [7, 11) is 1.59. The lowest BCUT2D eigenvalue weighted by Gasteiger charge is -2.14. The van der Waals surface area contributed by atoms with E-state index >= 15 is 0 Å². The van der Waals surface area contributed by atoms with Gasteiger partial charge in [0.05, 0.1) is 7.11 Å². The van der Waals surface area contributed by atoms with Gasteiger partial charge in [-0.1, -0.05) is 12.1 Å². The Hall–Kier alpha value is -0.950. The zero-order valence-corrected chi connectivity index (χ0v) is 13.3. The number of aliphatic hydroxyl groups is 2. The van der Waals surface area contributed by atoms with Crippen molar-refractivity contribution < 1.29 is 19.7 Å². The first kappa shape index (κ1) is 18.1. The minimum absolute atomic E-state index is 0.227.